The zero-order valence-electron chi connectivity index (χ0n) is 10.3. The van der Waals surface area contributed by atoms with E-state index < -0.39 is 11.4 Å². The highest BCUT2D eigenvalue weighted by atomic mass is 16.1. The monoisotopic (exact) mass is 215 g/mol. The maximum atomic E-state index is 11.0. The van der Waals surface area contributed by atoms with Crippen molar-refractivity contribution in [2.24, 2.45) is 11.5 Å². The Morgan fingerprint density at radius 3 is 2.33 bits per heavy atom. The van der Waals surface area contributed by atoms with Crippen LogP contribution in [0.25, 0.3) is 0 Å². The molecule has 90 valence electrons. The zero-order valence-corrected chi connectivity index (χ0v) is 10.3. The molecule has 0 aliphatic rings. The van der Waals surface area contributed by atoms with Gasteiger partial charge in [-0.3, -0.25) is 4.79 Å². The number of carbonyl (C=O) groups is 1. The summed E-state index contributed by atoms with van der Waals surface area (Å²) in [6, 6.07) is 0. The van der Waals surface area contributed by atoms with Crippen LogP contribution in [0.2, 0.25) is 0 Å². The summed E-state index contributed by atoms with van der Waals surface area (Å²) in [7, 11) is 0. The molecule has 0 aromatic carbocycles. The molecular weight excluding hydrogens is 190 g/mol. The third kappa shape index (κ3) is 5.74. The van der Waals surface area contributed by atoms with Gasteiger partial charge in [-0.25, -0.2) is 0 Å². The van der Waals surface area contributed by atoms with Gasteiger partial charge in [0.15, 0.2) is 0 Å². The van der Waals surface area contributed by atoms with Crippen LogP contribution in [-0.4, -0.2) is 36.0 Å². The highest BCUT2D eigenvalue weighted by Crippen LogP contribution is 2.07. The third-order valence-corrected chi connectivity index (χ3v) is 2.79. The number of hydrogen-bond donors (Lipinski definition) is 2. The van der Waals surface area contributed by atoms with Crippen LogP contribution in [0.3, 0.4) is 0 Å². The van der Waals surface area contributed by atoms with Crippen molar-refractivity contribution in [2.75, 3.05) is 19.6 Å². The average Bonchev–Trinajstić information content (AvgIpc) is 2.18. The van der Waals surface area contributed by atoms with Crippen LogP contribution in [0.1, 0.15) is 40.0 Å². The first-order valence-electron chi connectivity index (χ1n) is 5.75. The Labute approximate surface area is 93.0 Å². The van der Waals surface area contributed by atoms with Crippen LogP contribution >= 0.6 is 0 Å². The fraction of sp³-hybridized carbons (Fsp3) is 0.909. The first-order chi connectivity index (χ1) is 6.94. The summed E-state index contributed by atoms with van der Waals surface area (Å²) in [5, 5.41) is 0. The summed E-state index contributed by atoms with van der Waals surface area (Å²) in [5.41, 5.74) is 10.1. The standard InChI is InChI=1S/C11H25N3O/c1-4-6-8-14(5-2)9-7-11(3,13)10(12)15/h4-9,13H2,1-3H3,(H2,12,15). The molecule has 0 fully saturated rings. The van der Waals surface area contributed by atoms with Gasteiger partial charge in [-0.2, -0.15) is 0 Å². The Hall–Kier alpha value is -0.610. The number of primary amides is 1. The molecule has 4 heteroatoms. The highest BCUT2D eigenvalue weighted by Gasteiger charge is 2.25. The van der Waals surface area contributed by atoms with Crippen LogP contribution < -0.4 is 11.5 Å². The molecule has 0 heterocycles. The lowest BCUT2D eigenvalue weighted by Gasteiger charge is -2.26. The molecule has 0 aromatic rings. The van der Waals surface area contributed by atoms with Gasteiger partial charge in [0.25, 0.3) is 0 Å². The molecule has 0 spiro atoms. The van der Waals surface area contributed by atoms with Gasteiger partial charge in [0.05, 0.1) is 5.54 Å². The van der Waals surface area contributed by atoms with Crippen LogP contribution in [-0.2, 0) is 4.79 Å². The third-order valence-electron chi connectivity index (χ3n) is 2.79. The number of unbranched alkanes of at least 4 members (excludes halogenated alkanes) is 1. The molecule has 0 saturated carbocycles. The van der Waals surface area contributed by atoms with Crippen molar-refractivity contribution in [2.45, 2.75) is 45.6 Å². The molecule has 0 rings (SSSR count). The summed E-state index contributed by atoms with van der Waals surface area (Å²) in [6.45, 7) is 8.89. The van der Waals surface area contributed by atoms with Crippen molar-refractivity contribution in [1.29, 1.82) is 0 Å². The molecule has 1 amide bonds. The minimum Gasteiger partial charge on any atom is -0.368 e. The molecule has 0 aliphatic carbocycles. The van der Waals surface area contributed by atoms with Crippen molar-refractivity contribution in [3.8, 4) is 0 Å². The van der Waals surface area contributed by atoms with E-state index in [1.54, 1.807) is 6.92 Å². The summed E-state index contributed by atoms with van der Waals surface area (Å²) in [4.78, 5) is 13.3. The summed E-state index contributed by atoms with van der Waals surface area (Å²) in [5.74, 6) is -0.422. The fourth-order valence-corrected chi connectivity index (χ4v) is 1.32. The van der Waals surface area contributed by atoms with Gasteiger partial charge in [0, 0.05) is 6.54 Å². The minimum absolute atomic E-state index is 0.422. The normalized spacial score (nSPS) is 15.3. The number of nitrogens with two attached hydrogens (primary N) is 2. The first-order valence-corrected chi connectivity index (χ1v) is 5.75. The molecule has 0 bridgehead atoms. The Balaban J connectivity index is 3.94. The molecule has 15 heavy (non-hydrogen) atoms. The molecular formula is C11H25N3O. The lowest BCUT2D eigenvalue weighted by Crippen LogP contribution is -2.51. The van der Waals surface area contributed by atoms with E-state index in [4.69, 9.17) is 11.5 Å². The largest absolute Gasteiger partial charge is 0.368 e. The van der Waals surface area contributed by atoms with Gasteiger partial charge in [0.2, 0.25) is 5.91 Å². The van der Waals surface area contributed by atoms with Crippen LogP contribution in [0.5, 0.6) is 0 Å². The number of carbonyl (C=O) groups excluding carboxylic acids is 1. The van der Waals surface area contributed by atoms with E-state index in [-0.39, 0.29) is 0 Å². The predicted molar refractivity (Wildman–Crippen MR) is 63.4 cm³/mol. The fourth-order valence-electron chi connectivity index (χ4n) is 1.32. The van der Waals surface area contributed by atoms with Gasteiger partial charge in [-0.05, 0) is 32.9 Å². The first kappa shape index (κ1) is 14.4. The second kappa shape index (κ2) is 6.80. The van der Waals surface area contributed by atoms with Crippen molar-refractivity contribution in [1.82, 2.24) is 4.90 Å². The molecule has 1 atom stereocenters. The maximum absolute atomic E-state index is 11.0. The smallest absolute Gasteiger partial charge is 0.237 e. The Morgan fingerprint density at radius 1 is 1.33 bits per heavy atom. The summed E-state index contributed by atoms with van der Waals surface area (Å²) in [6.07, 6.45) is 3.00. The topological polar surface area (TPSA) is 72.3 Å². The van der Waals surface area contributed by atoms with Gasteiger partial charge in [-0.15, -0.1) is 0 Å². The number of amides is 1. The molecule has 0 saturated heterocycles. The Bertz CT molecular complexity index is 192. The minimum atomic E-state index is -0.875. The van der Waals surface area contributed by atoms with E-state index in [9.17, 15) is 4.79 Å². The summed E-state index contributed by atoms with van der Waals surface area (Å²) >= 11 is 0. The lowest BCUT2D eigenvalue weighted by atomic mass is 9.98. The van der Waals surface area contributed by atoms with Gasteiger partial charge < -0.3 is 16.4 Å². The Morgan fingerprint density at radius 2 is 1.93 bits per heavy atom. The van der Waals surface area contributed by atoms with E-state index >= 15 is 0 Å². The molecule has 0 aliphatic heterocycles. The second-order valence-electron chi connectivity index (χ2n) is 4.32. The molecule has 4 nitrogen and oxygen atoms in total. The predicted octanol–water partition coefficient (Wildman–Crippen LogP) is 0.701. The Kier molecular flexibility index (Phi) is 6.52. The maximum Gasteiger partial charge on any atom is 0.237 e. The van der Waals surface area contributed by atoms with Crippen molar-refractivity contribution >= 4 is 5.91 Å². The van der Waals surface area contributed by atoms with Crippen molar-refractivity contribution < 1.29 is 4.79 Å². The zero-order chi connectivity index (χ0) is 11.9. The lowest BCUT2D eigenvalue weighted by molar-refractivity contribution is -0.122. The van der Waals surface area contributed by atoms with E-state index in [0.717, 1.165) is 19.6 Å². The number of nitrogens with zero attached hydrogens (tertiary/aromatic N) is 1. The van der Waals surface area contributed by atoms with Crippen LogP contribution in [0.15, 0.2) is 0 Å². The average molecular weight is 215 g/mol. The number of rotatable bonds is 8. The summed E-state index contributed by atoms with van der Waals surface area (Å²) < 4.78 is 0. The van der Waals surface area contributed by atoms with Crippen LogP contribution in [0, 0.1) is 0 Å². The second-order valence-corrected chi connectivity index (χ2v) is 4.32. The molecule has 0 aromatic heterocycles. The van der Waals surface area contributed by atoms with E-state index in [1.165, 1.54) is 12.8 Å². The quantitative estimate of drug-likeness (QED) is 0.626. The van der Waals surface area contributed by atoms with Gasteiger partial charge in [0.1, 0.15) is 0 Å². The van der Waals surface area contributed by atoms with E-state index in [2.05, 4.69) is 18.7 Å². The molecule has 1 unspecified atom stereocenters. The highest BCUT2D eigenvalue weighted by molar-refractivity contribution is 5.83. The van der Waals surface area contributed by atoms with Gasteiger partial charge in [-0.1, -0.05) is 20.3 Å². The van der Waals surface area contributed by atoms with Crippen LogP contribution in [0.4, 0.5) is 0 Å². The van der Waals surface area contributed by atoms with E-state index in [0.29, 0.717) is 6.42 Å². The van der Waals surface area contributed by atoms with Crippen molar-refractivity contribution in [3.63, 3.8) is 0 Å². The van der Waals surface area contributed by atoms with Gasteiger partial charge >= 0.3 is 0 Å². The molecule has 0 radical (unpaired) electrons. The molecule has 4 N–H and O–H groups in total. The SMILES string of the molecule is CCCCN(CC)CCC(C)(N)C(N)=O. The van der Waals surface area contributed by atoms with E-state index in [1.807, 2.05) is 0 Å². The number of hydrogen-bond acceptors (Lipinski definition) is 3. The van der Waals surface area contributed by atoms with Crippen molar-refractivity contribution in [3.05, 3.63) is 0 Å².